The molecule has 2 aliphatic rings. The van der Waals surface area contributed by atoms with E-state index in [1.54, 1.807) is 11.4 Å². The highest BCUT2D eigenvalue weighted by Crippen LogP contribution is 2.25. The number of hydrogen-bond donors (Lipinski definition) is 1. The van der Waals surface area contributed by atoms with Crippen molar-refractivity contribution in [3.05, 3.63) is 21.9 Å². The number of carbonyl (C=O) groups is 3. The third-order valence-electron chi connectivity index (χ3n) is 4.72. The van der Waals surface area contributed by atoms with Crippen molar-refractivity contribution in [2.24, 2.45) is 5.92 Å². The van der Waals surface area contributed by atoms with Crippen molar-refractivity contribution in [3.63, 3.8) is 0 Å². The second kappa shape index (κ2) is 7.47. The Morgan fingerprint density at radius 3 is 2.75 bits per heavy atom. The summed E-state index contributed by atoms with van der Waals surface area (Å²) in [6, 6.07) is 2.11. The van der Waals surface area contributed by atoms with Gasteiger partial charge < -0.3 is 10.2 Å². The first-order chi connectivity index (χ1) is 11.5. The lowest BCUT2D eigenvalue weighted by Gasteiger charge is -2.32. The monoisotopic (exact) mass is 348 g/mol. The Labute approximate surface area is 146 Å². The number of nitrogens with one attached hydrogen (secondary N) is 1. The van der Waals surface area contributed by atoms with Crippen LogP contribution in [0.2, 0.25) is 0 Å². The number of hydrogen-bond acceptors (Lipinski definition) is 4. The minimum absolute atomic E-state index is 0.00255. The number of piperidine rings is 1. The van der Waals surface area contributed by atoms with Crippen LogP contribution < -0.4 is 5.32 Å². The Balaban J connectivity index is 1.51. The van der Waals surface area contributed by atoms with Gasteiger partial charge in [-0.2, -0.15) is 0 Å². The minimum atomic E-state index is -0.00255. The maximum atomic E-state index is 12.6. The SMILES string of the molecule is CC(=O)c1cc(C(=O)N2CCCC(CCC(=O)NC3CC3)C2)cs1. The predicted octanol–water partition coefficient (Wildman–Crippen LogP) is 2.86. The Kier molecular flexibility index (Phi) is 5.33. The van der Waals surface area contributed by atoms with Gasteiger partial charge in [0.2, 0.25) is 5.91 Å². The van der Waals surface area contributed by atoms with E-state index in [1.807, 2.05) is 4.90 Å². The Bertz CT molecular complexity index is 636. The molecule has 2 heterocycles. The molecule has 0 radical (unpaired) electrons. The van der Waals surface area contributed by atoms with Crippen molar-refractivity contribution in [1.29, 1.82) is 0 Å². The Morgan fingerprint density at radius 1 is 1.29 bits per heavy atom. The highest BCUT2D eigenvalue weighted by molar-refractivity contribution is 7.12. The lowest BCUT2D eigenvalue weighted by Crippen LogP contribution is -2.40. The van der Waals surface area contributed by atoms with Crippen molar-refractivity contribution in [1.82, 2.24) is 10.2 Å². The fourth-order valence-corrected chi connectivity index (χ4v) is 3.95. The molecule has 1 atom stereocenters. The molecule has 1 aromatic heterocycles. The van der Waals surface area contributed by atoms with Gasteiger partial charge in [-0.05, 0) is 51.0 Å². The first kappa shape index (κ1) is 17.1. The highest BCUT2D eigenvalue weighted by Gasteiger charge is 2.27. The molecule has 3 rings (SSSR count). The van der Waals surface area contributed by atoms with Gasteiger partial charge >= 0.3 is 0 Å². The molecule has 1 N–H and O–H groups in total. The number of likely N-dealkylation sites (tertiary alicyclic amines) is 1. The van der Waals surface area contributed by atoms with E-state index in [0.717, 1.165) is 38.6 Å². The van der Waals surface area contributed by atoms with Gasteiger partial charge in [0.1, 0.15) is 0 Å². The molecule has 6 heteroatoms. The van der Waals surface area contributed by atoms with E-state index in [0.29, 0.717) is 35.4 Å². The maximum Gasteiger partial charge on any atom is 0.254 e. The molecule has 5 nitrogen and oxygen atoms in total. The Hall–Kier alpha value is -1.69. The van der Waals surface area contributed by atoms with E-state index in [2.05, 4.69) is 5.32 Å². The van der Waals surface area contributed by atoms with E-state index in [4.69, 9.17) is 0 Å². The lowest BCUT2D eigenvalue weighted by atomic mass is 9.93. The molecule has 2 fully saturated rings. The van der Waals surface area contributed by atoms with Gasteiger partial charge in [-0.15, -0.1) is 11.3 Å². The number of Topliss-reactive ketones (excluding diaryl/α,β-unsaturated/α-hetero) is 1. The minimum Gasteiger partial charge on any atom is -0.353 e. The van der Waals surface area contributed by atoms with E-state index < -0.39 is 0 Å². The van der Waals surface area contributed by atoms with Gasteiger partial charge in [-0.25, -0.2) is 0 Å². The summed E-state index contributed by atoms with van der Waals surface area (Å²) in [4.78, 5) is 38.3. The highest BCUT2D eigenvalue weighted by atomic mass is 32.1. The molecule has 0 aromatic carbocycles. The standard InChI is InChI=1S/C18H24N2O3S/c1-12(21)16-9-14(11-24-16)18(23)20-8-2-3-13(10-20)4-7-17(22)19-15-5-6-15/h9,11,13,15H,2-8,10H2,1H3,(H,19,22). The van der Waals surface area contributed by atoms with Gasteiger partial charge in [0.25, 0.3) is 5.91 Å². The zero-order valence-corrected chi connectivity index (χ0v) is 14.9. The van der Waals surface area contributed by atoms with E-state index in [-0.39, 0.29) is 17.6 Å². The molecule has 1 aliphatic carbocycles. The van der Waals surface area contributed by atoms with Crippen molar-refractivity contribution < 1.29 is 14.4 Å². The smallest absolute Gasteiger partial charge is 0.254 e. The summed E-state index contributed by atoms with van der Waals surface area (Å²) < 4.78 is 0. The van der Waals surface area contributed by atoms with Crippen LogP contribution in [-0.4, -0.2) is 41.6 Å². The topological polar surface area (TPSA) is 66.5 Å². The molecule has 1 saturated carbocycles. The van der Waals surface area contributed by atoms with E-state index >= 15 is 0 Å². The van der Waals surface area contributed by atoms with Crippen LogP contribution in [0.15, 0.2) is 11.4 Å². The number of thiophene rings is 1. The number of nitrogens with zero attached hydrogens (tertiary/aromatic N) is 1. The second-order valence-corrected chi connectivity index (χ2v) is 7.81. The maximum absolute atomic E-state index is 12.6. The van der Waals surface area contributed by atoms with Crippen LogP contribution in [-0.2, 0) is 4.79 Å². The zero-order valence-electron chi connectivity index (χ0n) is 14.0. The largest absolute Gasteiger partial charge is 0.353 e. The van der Waals surface area contributed by atoms with Crippen LogP contribution in [0.4, 0.5) is 0 Å². The summed E-state index contributed by atoms with van der Waals surface area (Å²) in [6.45, 7) is 2.99. The van der Waals surface area contributed by atoms with Gasteiger partial charge in [0, 0.05) is 30.9 Å². The molecule has 1 unspecified atom stereocenters. The van der Waals surface area contributed by atoms with E-state index in [1.165, 1.54) is 18.3 Å². The lowest BCUT2D eigenvalue weighted by molar-refractivity contribution is -0.121. The normalized spacial score (nSPS) is 20.7. The summed E-state index contributed by atoms with van der Waals surface area (Å²) in [5.74, 6) is 0.534. The predicted molar refractivity (Wildman–Crippen MR) is 93.3 cm³/mol. The Morgan fingerprint density at radius 2 is 2.08 bits per heavy atom. The molecule has 1 aromatic rings. The molecular weight excluding hydrogens is 324 g/mol. The summed E-state index contributed by atoms with van der Waals surface area (Å²) in [7, 11) is 0. The third-order valence-corrected chi connectivity index (χ3v) is 5.75. The average Bonchev–Trinajstić information content (AvgIpc) is 3.24. The second-order valence-electron chi connectivity index (χ2n) is 6.90. The van der Waals surface area contributed by atoms with Crippen LogP contribution in [0.1, 0.15) is 65.5 Å². The molecule has 1 saturated heterocycles. The zero-order chi connectivity index (χ0) is 17.1. The molecule has 0 bridgehead atoms. The van der Waals surface area contributed by atoms with Gasteiger partial charge in [0.05, 0.1) is 10.4 Å². The molecule has 130 valence electrons. The fourth-order valence-electron chi connectivity index (χ4n) is 3.16. The first-order valence-corrected chi connectivity index (χ1v) is 9.59. The third kappa shape index (κ3) is 4.44. The quantitative estimate of drug-likeness (QED) is 0.804. The average molecular weight is 348 g/mol. The van der Waals surface area contributed by atoms with Gasteiger partial charge in [-0.3, -0.25) is 14.4 Å². The first-order valence-electron chi connectivity index (χ1n) is 8.71. The van der Waals surface area contributed by atoms with Crippen LogP contribution in [0.3, 0.4) is 0 Å². The van der Waals surface area contributed by atoms with Crippen LogP contribution >= 0.6 is 11.3 Å². The number of amides is 2. The number of carbonyl (C=O) groups excluding carboxylic acids is 3. The molecule has 2 amide bonds. The van der Waals surface area contributed by atoms with Crippen molar-refractivity contribution >= 4 is 28.9 Å². The van der Waals surface area contributed by atoms with E-state index in [9.17, 15) is 14.4 Å². The van der Waals surface area contributed by atoms with Crippen LogP contribution in [0.5, 0.6) is 0 Å². The van der Waals surface area contributed by atoms with Crippen molar-refractivity contribution in [2.75, 3.05) is 13.1 Å². The molecule has 24 heavy (non-hydrogen) atoms. The molecule has 0 spiro atoms. The molecular formula is C18H24N2O3S. The summed E-state index contributed by atoms with van der Waals surface area (Å²) in [5.41, 5.74) is 0.609. The van der Waals surface area contributed by atoms with Crippen molar-refractivity contribution in [2.45, 2.75) is 51.5 Å². The molecule has 1 aliphatic heterocycles. The summed E-state index contributed by atoms with van der Waals surface area (Å²) in [5, 5.41) is 4.79. The number of ketones is 1. The van der Waals surface area contributed by atoms with Crippen LogP contribution in [0, 0.1) is 5.92 Å². The van der Waals surface area contributed by atoms with Crippen molar-refractivity contribution in [3.8, 4) is 0 Å². The number of rotatable bonds is 6. The summed E-state index contributed by atoms with van der Waals surface area (Å²) in [6.07, 6.45) is 5.66. The van der Waals surface area contributed by atoms with Gasteiger partial charge in [-0.1, -0.05) is 0 Å². The fraction of sp³-hybridized carbons (Fsp3) is 0.611. The van der Waals surface area contributed by atoms with Gasteiger partial charge in [0.15, 0.2) is 5.78 Å². The van der Waals surface area contributed by atoms with Crippen LogP contribution in [0.25, 0.3) is 0 Å². The summed E-state index contributed by atoms with van der Waals surface area (Å²) >= 11 is 1.33.